The van der Waals surface area contributed by atoms with Gasteiger partial charge in [-0.3, -0.25) is 29.2 Å². The number of carbonyl (C=O) groups excluding carboxylic acids is 2. The Balaban J connectivity index is 1.33. The van der Waals surface area contributed by atoms with Crippen LogP contribution in [0.2, 0.25) is 0 Å². The molecule has 0 aliphatic carbocycles. The number of aromatic amines is 1. The number of aromatic nitrogens is 2. The van der Waals surface area contributed by atoms with Crippen LogP contribution in [0, 0.1) is 13.8 Å². The van der Waals surface area contributed by atoms with E-state index >= 15 is 0 Å². The van der Waals surface area contributed by atoms with Crippen molar-refractivity contribution in [3.8, 4) is 0 Å². The van der Waals surface area contributed by atoms with Crippen molar-refractivity contribution in [2.24, 2.45) is 0 Å². The maximum absolute atomic E-state index is 12.8. The van der Waals surface area contributed by atoms with Gasteiger partial charge in [0.15, 0.2) is 0 Å². The molecule has 33 heavy (non-hydrogen) atoms. The second-order valence-electron chi connectivity index (χ2n) is 8.33. The summed E-state index contributed by atoms with van der Waals surface area (Å²) in [4.78, 5) is 53.7. The molecule has 9 heteroatoms. The number of anilines is 1. The fourth-order valence-electron chi connectivity index (χ4n) is 4.03. The smallest absolute Gasteiger partial charge is 0.273 e. The van der Waals surface area contributed by atoms with Gasteiger partial charge in [-0.2, -0.15) is 0 Å². The highest BCUT2D eigenvalue weighted by molar-refractivity contribution is 5.93. The molecule has 9 nitrogen and oxygen atoms in total. The molecule has 0 atom stereocenters. The van der Waals surface area contributed by atoms with Gasteiger partial charge in [-0.15, -0.1) is 0 Å². The lowest BCUT2D eigenvalue weighted by molar-refractivity contribution is -0.134. The number of nitrogens with zero attached hydrogens (tertiary/aromatic N) is 3. The Hall–Kier alpha value is -3.72. The van der Waals surface area contributed by atoms with Crippen LogP contribution in [-0.4, -0.2) is 64.1 Å². The van der Waals surface area contributed by atoms with Gasteiger partial charge in [-0.05, 0) is 43.2 Å². The zero-order valence-electron chi connectivity index (χ0n) is 18.8. The number of piperazine rings is 1. The number of aryl methyl sites for hydroxylation is 1. The number of rotatable bonds is 5. The van der Waals surface area contributed by atoms with Crippen LogP contribution in [-0.2, 0) is 16.1 Å². The van der Waals surface area contributed by atoms with E-state index in [1.165, 1.54) is 0 Å². The van der Waals surface area contributed by atoms with E-state index in [4.69, 9.17) is 0 Å². The van der Waals surface area contributed by atoms with Gasteiger partial charge in [0.1, 0.15) is 6.54 Å². The lowest BCUT2D eigenvalue weighted by atomic mass is 10.1. The molecule has 0 bridgehead atoms. The van der Waals surface area contributed by atoms with E-state index < -0.39 is 11.1 Å². The van der Waals surface area contributed by atoms with Crippen molar-refractivity contribution in [2.75, 3.05) is 38.0 Å². The zero-order valence-corrected chi connectivity index (χ0v) is 18.8. The van der Waals surface area contributed by atoms with Crippen molar-refractivity contribution in [2.45, 2.75) is 20.4 Å². The highest BCUT2D eigenvalue weighted by Crippen LogP contribution is 2.18. The minimum atomic E-state index is -0.405. The average molecular weight is 450 g/mol. The van der Waals surface area contributed by atoms with E-state index in [0.29, 0.717) is 31.6 Å². The van der Waals surface area contributed by atoms with E-state index in [1.54, 1.807) is 29.2 Å². The number of H-pyrrole nitrogens is 1. The number of carbonyl (C=O) groups is 2. The number of hydrogen-bond acceptors (Lipinski definition) is 5. The molecule has 0 spiro atoms. The number of amides is 2. The topological polar surface area (TPSA) is 108 Å². The molecule has 172 valence electrons. The second-order valence-corrected chi connectivity index (χ2v) is 8.33. The van der Waals surface area contributed by atoms with Crippen LogP contribution in [0.5, 0.6) is 0 Å². The van der Waals surface area contributed by atoms with Crippen LogP contribution in [0.25, 0.3) is 10.8 Å². The molecular formula is C24H27N5O4. The van der Waals surface area contributed by atoms with Gasteiger partial charge in [-0.1, -0.05) is 24.3 Å². The molecule has 2 heterocycles. The summed E-state index contributed by atoms with van der Waals surface area (Å²) >= 11 is 0. The van der Waals surface area contributed by atoms with Gasteiger partial charge in [0.2, 0.25) is 11.8 Å². The molecule has 1 aromatic heterocycles. The number of nitrogens with one attached hydrogen (secondary N) is 2. The van der Waals surface area contributed by atoms with Crippen LogP contribution in [0.4, 0.5) is 5.69 Å². The first-order valence-electron chi connectivity index (χ1n) is 10.9. The standard InChI is InChI=1S/C24H27N5O4/c1-16-6-5-9-20(17(16)2)25-21(30)14-27-10-12-28(13-11-27)22(31)15-29-24(33)19-8-4-3-7-18(19)23(32)26-29/h3-9H,10-15H2,1-2H3,(H,25,30)(H,26,32). The highest BCUT2D eigenvalue weighted by Gasteiger charge is 2.23. The fourth-order valence-corrected chi connectivity index (χ4v) is 4.03. The Labute approximate surface area is 190 Å². The molecular weight excluding hydrogens is 422 g/mol. The van der Waals surface area contributed by atoms with Crippen LogP contribution >= 0.6 is 0 Å². The molecule has 1 saturated heterocycles. The molecule has 0 radical (unpaired) electrons. The Morgan fingerprint density at radius 2 is 1.61 bits per heavy atom. The van der Waals surface area contributed by atoms with E-state index in [9.17, 15) is 19.2 Å². The zero-order chi connectivity index (χ0) is 23.5. The van der Waals surface area contributed by atoms with Crippen molar-refractivity contribution >= 4 is 28.3 Å². The fraction of sp³-hybridized carbons (Fsp3) is 0.333. The summed E-state index contributed by atoms with van der Waals surface area (Å²) in [6, 6.07) is 12.3. The van der Waals surface area contributed by atoms with Gasteiger partial charge < -0.3 is 10.2 Å². The van der Waals surface area contributed by atoms with Gasteiger partial charge in [0, 0.05) is 31.9 Å². The molecule has 1 fully saturated rings. The second kappa shape index (κ2) is 9.41. The van der Waals surface area contributed by atoms with Crippen LogP contribution < -0.4 is 16.4 Å². The first-order chi connectivity index (χ1) is 15.8. The van der Waals surface area contributed by atoms with E-state index in [-0.39, 0.29) is 30.3 Å². The van der Waals surface area contributed by atoms with Crippen molar-refractivity contribution in [3.63, 3.8) is 0 Å². The van der Waals surface area contributed by atoms with Crippen molar-refractivity contribution in [1.82, 2.24) is 19.6 Å². The summed E-state index contributed by atoms with van der Waals surface area (Å²) in [5.41, 5.74) is 2.16. The SMILES string of the molecule is Cc1cccc(NC(=O)CN2CCN(C(=O)Cn3[nH]c(=O)c4ccccc4c3=O)CC2)c1C. The predicted octanol–water partition coefficient (Wildman–Crippen LogP) is 1.09. The molecule has 0 unspecified atom stereocenters. The van der Waals surface area contributed by atoms with Crippen molar-refractivity contribution < 1.29 is 9.59 Å². The van der Waals surface area contributed by atoms with Gasteiger partial charge in [0.25, 0.3) is 11.1 Å². The minimum absolute atomic E-state index is 0.0937. The lowest BCUT2D eigenvalue weighted by Gasteiger charge is -2.34. The highest BCUT2D eigenvalue weighted by atomic mass is 16.2. The molecule has 2 N–H and O–H groups in total. The minimum Gasteiger partial charge on any atom is -0.339 e. The summed E-state index contributed by atoms with van der Waals surface area (Å²) in [6.07, 6.45) is 0. The number of hydrogen-bond donors (Lipinski definition) is 2. The summed E-state index contributed by atoms with van der Waals surface area (Å²) in [6.45, 7) is 5.99. The normalized spacial score (nSPS) is 14.4. The molecule has 2 amide bonds. The van der Waals surface area contributed by atoms with E-state index in [0.717, 1.165) is 21.5 Å². The van der Waals surface area contributed by atoms with Crippen LogP contribution in [0.1, 0.15) is 11.1 Å². The molecule has 1 aliphatic rings. The molecule has 0 saturated carbocycles. The largest absolute Gasteiger partial charge is 0.339 e. The third kappa shape index (κ3) is 4.88. The average Bonchev–Trinajstić information content (AvgIpc) is 2.81. The summed E-state index contributed by atoms with van der Waals surface area (Å²) in [7, 11) is 0. The molecule has 3 aromatic rings. The van der Waals surface area contributed by atoms with Gasteiger partial charge in [0.05, 0.1) is 17.3 Å². The maximum Gasteiger partial charge on any atom is 0.273 e. The summed E-state index contributed by atoms with van der Waals surface area (Å²) in [5.74, 6) is -0.341. The first kappa shape index (κ1) is 22.5. The van der Waals surface area contributed by atoms with E-state index in [1.807, 2.05) is 36.9 Å². The Morgan fingerprint density at radius 1 is 0.909 bits per heavy atom. The maximum atomic E-state index is 12.8. The summed E-state index contributed by atoms with van der Waals surface area (Å²) in [5, 5.41) is 6.04. The first-order valence-corrected chi connectivity index (χ1v) is 10.9. The summed E-state index contributed by atoms with van der Waals surface area (Å²) < 4.78 is 1.07. The Morgan fingerprint density at radius 3 is 2.33 bits per heavy atom. The van der Waals surface area contributed by atoms with Crippen molar-refractivity contribution in [3.05, 3.63) is 74.3 Å². The number of fused-ring (bicyclic) bond motifs is 1. The van der Waals surface area contributed by atoms with Crippen LogP contribution in [0.3, 0.4) is 0 Å². The third-order valence-electron chi connectivity index (χ3n) is 6.15. The quantitative estimate of drug-likeness (QED) is 0.606. The van der Waals surface area contributed by atoms with Gasteiger partial charge in [-0.25, -0.2) is 4.68 Å². The number of benzene rings is 2. The molecule has 1 aliphatic heterocycles. The van der Waals surface area contributed by atoms with Gasteiger partial charge >= 0.3 is 0 Å². The lowest BCUT2D eigenvalue weighted by Crippen LogP contribution is -2.51. The predicted molar refractivity (Wildman–Crippen MR) is 126 cm³/mol. The Kier molecular flexibility index (Phi) is 6.41. The monoisotopic (exact) mass is 449 g/mol. The van der Waals surface area contributed by atoms with E-state index in [2.05, 4.69) is 10.4 Å². The van der Waals surface area contributed by atoms with Crippen molar-refractivity contribution in [1.29, 1.82) is 0 Å². The Bertz CT molecular complexity index is 1320. The molecule has 4 rings (SSSR count). The third-order valence-corrected chi connectivity index (χ3v) is 6.15. The molecule has 2 aromatic carbocycles. The van der Waals surface area contributed by atoms with Crippen LogP contribution in [0.15, 0.2) is 52.1 Å².